The molecule has 4 rings (SSSR count). The first kappa shape index (κ1) is 25.9. The first-order valence-electron chi connectivity index (χ1n) is 11.2. The Kier molecular flexibility index (Phi) is 7.67. The van der Waals surface area contributed by atoms with E-state index in [2.05, 4.69) is 32.6 Å². The number of aromatic nitrogens is 2. The van der Waals surface area contributed by atoms with Gasteiger partial charge in [-0.2, -0.15) is 0 Å². The normalized spacial score (nSPS) is 11.2. The minimum atomic E-state index is -1.29. The van der Waals surface area contributed by atoms with Crippen LogP contribution in [0.2, 0.25) is 0 Å². The van der Waals surface area contributed by atoms with Gasteiger partial charge in [0.05, 0.1) is 22.3 Å². The van der Waals surface area contributed by atoms with Crippen molar-refractivity contribution in [3.05, 3.63) is 95.1 Å². The third-order valence-electron chi connectivity index (χ3n) is 5.58. The summed E-state index contributed by atoms with van der Waals surface area (Å²) in [6.45, 7) is -0.301. The van der Waals surface area contributed by atoms with Crippen molar-refractivity contribution in [3.8, 4) is 23.1 Å². The van der Waals surface area contributed by atoms with Gasteiger partial charge in [0.1, 0.15) is 11.9 Å². The van der Waals surface area contributed by atoms with Crippen LogP contribution < -0.4 is 22.3 Å². The lowest BCUT2D eigenvalue weighted by atomic mass is 10.0. The van der Waals surface area contributed by atoms with Crippen LogP contribution in [-0.2, 0) is 4.79 Å². The maximum absolute atomic E-state index is 14.6. The predicted octanol–water partition coefficient (Wildman–Crippen LogP) is 1.58. The van der Waals surface area contributed by atoms with E-state index in [9.17, 15) is 18.8 Å². The summed E-state index contributed by atoms with van der Waals surface area (Å²) in [6.07, 6.45) is 3.12. The summed E-state index contributed by atoms with van der Waals surface area (Å²) in [5.74, 6) is 7.65. The van der Waals surface area contributed by atoms with Gasteiger partial charge in [0, 0.05) is 41.0 Å². The van der Waals surface area contributed by atoms with Crippen molar-refractivity contribution in [1.82, 2.24) is 20.7 Å². The number of nitrogens with one attached hydrogen (secondary N) is 2. The van der Waals surface area contributed by atoms with Gasteiger partial charge in [-0.3, -0.25) is 20.0 Å². The second kappa shape index (κ2) is 11.3. The number of hydrogen-bond donors (Lipinski definition) is 5. The molecular weight excluding hydrogens is 491 g/mol. The number of benzene rings is 2. The average Bonchev–Trinajstić information content (AvgIpc) is 2.94. The number of nitrogens with two attached hydrogens (primary N) is 2. The fourth-order valence-electron chi connectivity index (χ4n) is 3.57. The minimum absolute atomic E-state index is 0.0569. The number of rotatable bonds is 6. The number of nitrogens with zero attached hydrogens (tertiary/aromatic N) is 2. The highest BCUT2D eigenvalue weighted by molar-refractivity contribution is 6.06. The highest BCUT2D eigenvalue weighted by Crippen LogP contribution is 2.24. The second-order valence-corrected chi connectivity index (χ2v) is 8.04. The smallest absolute Gasteiger partial charge is 0.327 e. The molecule has 2 heterocycles. The van der Waals surface area contributed by atoms with Crippen LogP contribution in [0.5, 0.6) is 0 Å². The van der Waals surface area contributed by atoms with Crippen molar-refractivity contribution in [3.63, 3.8) is 0 Å². The summed E-state index contributed by atoms with van der Waals surface area (Å²) in [5.41, 5.74) is 10.2. The molecule has 2 aromatic carbocycles. The first-order chi connectivity index (χ1) is 18.3. The third kappa shape index (κ3) is 5.62. The second-order valence-electron chi connectivity index (χ2n) is 8.04. The van der Waals surface area contributed by atoms with Gasteiger partial charge >= 0.3 is 5.97 Å². The zero-order chi connectivity index (χ0) is 27.2. The number of carbonyl (C=O) groups is 3. The number of hydrogen-bond acceptors (Lipinski definition) is 7. The van der Waals surface area contributed by atoms with Gasteiger partial charge in [-0.1, -0.05) is 24.0 Å². The van der Waals surface area contributed by atoms with Crippen molar-refractivity contribution in [2.45, 2.75) is 6.04 Å². The van der Waals surface area contributed by atoms with E-state index in [1.807, 2.05) is 0 Å². The van der Waals surface area contributed by atoms with E-state index in [4.69, 9.17) is 16.7 Å². The molecule has 2 amide bonds. The molecule has 1 unspecified atom stereocenters. The summed E-state index contributed by atoms with van der Waals surface area (Å²) in [5, 5.41) is 11.8. The largest absolute Gasteiger partial charge is 0.480 e. The SMILES string of the molecule is NCC(NC(=O)c1ccc(C#Cc2ccc(-c3cc(C(=O)NN)c4cnccc4n3)cc2)c(F)c1)C(=O)O. The number of carboxylic acids is 1. The van der Waals surface area contributed by atoms with Crippen LogP contribution in [0.25, 0.3) is 22.2 Å². The molecule has 0 aliphatic heterocycles. The van der Waals surface area contributed by atoms with Crippen LogP contribution in [0, 0.1) is 17.7 Å². The van der Waals surface area contributed by atoms with Crippen molar-refractivity contribution >= 4 is 28.7 Å². The van der Waals surface area contributed by atoms with Gasteiger partial charge in [-0.05, 0) is 42.5 Å². The van der Waals surface area contributed by atoms with Crippen LogP contribution >= 0.6 is 0 Å². The Bertz CT molecular complexity index is 1610. The highest BCUT2D eigenvalue weighted by atomic mass is 19.1. The molecular formula is C27H21FN6O4. The monoisotopic (exact) mass is 512 g/mol. The van der Waals surface area contributed by atoms with Crippen molar-refractivity contribution in [1.29, 1.82) is 0 Å². The van der Waals surface area contributed by atoms with Gasteiger partial charge in [0.25, 0.3) is 11.8 Å². The lowest BCUT2D eigenvalue weighted by Crippen LogP contribution is -2.45. The number of aliphatic carboxylic acids is 1. The number of amides is 2. The molecule has 38 heavy (non-hydrogen) atoms. The Labute approximate surface area is 215 Å². The van der Waals surface area contributed by atoms with Crippen LogP contribution in [0.1, 0.15) is 31.8 Å². The Morgan fingerprint density at radius 3 is 2.45 bits per heavy atom. The molecule has 0 radical (unpaired) electrons. The molecule has 2 aromatic heterocycles. The van der Waals surface area contributed by atoms with Gasteiger partial charge < -0.3 is 16.2 Å². The zero-order valence-corrected chi connectivity index (χ0v) is 19.7. The quantitative estimate of drug-likeness (QED) is 0.112. The number of nitrogen functional groups attached to an aromatic ring is 1. The van der Waals surface area contributed by atoms with Gasteiger partial charge in [-0.25, -0.2) is 20.0 Å². The number of pyridine rings is 2. The Hall–Kier alpha value is -5.18. The Morgan fingerprint density at radius 1 is 1.03 bits per heavy atom. The molecule has 190 valence electrons. The number of hydrazine groups is 1. The molecule has 7 N–H and O–H groups in total. The Morgan fingerprint density at radius 2 is 1.79 bits per heavy atom. The van der Waals surface area contributed by atoms with Crippen LogP contribution in [0.15, 0.2) is 67.0 Å². The van der Waals surface area contributed by atoms with Crippen LogP contribution in [0.4, 0.5) is 4.39 Å². The van der Waals surface area contributed by atoms with Crippen LogP contribution in [-0.4, -0.2) is 45.4 Å². The van der Waals surface area contributed by atoms with Crippen molar-refractivity contribution in [2.24, 2.45) is 11.6 Å². The number of carboxylic acid groups (broad SMARTS) is 1. The summed E-state index contributed by atoms with van der Waals surface area (Å²) in [7, 11) is 0. The lowest BCUT2D eigenvalue weighted by molar-refractivity contribution is -0.138. The van der Waals surface area contributed by atoms with E-state index < -0.39 is 29.6 Å². The summed E-state index contributed by atoms with van der Waals surface area (Å²) >= 11 is 0. The molecule has 0 aliphatic carbocycles. The highest BCUT2D eigenvalue weighted by Gasteiger charge is 2.19. The fourth-order valence-corrected chi connectivity index (χ4v) is 3.57. The van der Waals surface area contributed by atoms with Crippen molar-refractivity contribution < 1.29 is 23.9 Å². The first-order valence-corrected chi connectivity index (χ1v) is 11.2. The van der Waals surface area contributed by atoms with Gasteiger partial charge in [-0.15, -0.1) is 0 Å². The van der Waals surface area contributed by atoms with E-state index in [-0.39, 0.29) is 17.7 Å². The number of carbonyl (C=O) groups excluding carboxylic acids is 2. The molecule has 0 saturated carbocycles. The zero-order valence-electron chi connectivity index (χ0n) is 19.7. The minimum Gasteiger partial charge on any atom is -0.480 e. The topological polar surface area (TPSA) is 173 Å². The average molecular weight is 513 g/mol. The molecule has 11 heteroatoms. The molecule has 10 nitrogen and oxygen atoms in total. The fraction of sp³-hybridized carbons (Fsp3) is 0.0741. The van der Waals surface area contributed by atoms with Crippen LogP contribution in [0.3, 0.4) is 0 Å². The third-order valence-corrected chi connectivity index (χ3v) is 5.58. The van der Waals surface area contributed by atoms with E-state index in [1.165, 1.54) is 12.1 Å². The molecule has 0 fully saturated rings. The molecule has 0 bridgehead atoms. The molecule has 0 saturated heterocycles. The summed E-state index contributed by atoms with van der Waals surface area (Å²) < 4.78 is 14.6. The molecule has 1 atom stereocenters. The number of fused-ring (bicyclic) bond motifs is 1. The van der Waals surface area contributed by atoms with E-state index in [1.54, 1.807) is 48.8 Å². The summed E-state index contributed by atoms with van der Waals surface area (Å²) in [4.78, 5) is 44.1. The maximum atomic E-state index is 14.6. The molecule has 0 aliphatic rings. The molecule has 4 aromatic rings. The number of halogens is 1. The van der Waals surface area contributed by atoms with E-state index in [0.717, 1.165) is 11.6 Å². The van der Waals surface area contributed by atoms with Gasteiger partial charge in [0.15, 0.2) is 0 Å². The van der Waals surface area contributed by atoms with E-state index in [0.29, 0.717) is 27.7 Å². The predicted molar refractivity (Wildman–Crippen MR) is 137 cm³/mol. The lowest BCUT2D eigenvalue weighted by Gasteiger charge is -2.12. The van der Waals surface area contributed by atoms with Gasteiger partial charge in [0.2, 0.25) is 0 Å². The maximum Gasteiger partial charge on any atom is 0.327 e. The Balaban J connectivity index is 1.55. The standard InChI is InChI=1S/C27H21FN6O4/c28-21-11-18(25(35)33-24(13-29)27(37)38)8-7-16(21)4-1-15-2-5-17(6-3-15)23-12-19(26(36)34-30)20-14-31-10-9-22(20)32-23/h2-3,5-12,14,24H,13,29-30H2,(H,33,35)(H,34,36)(H,37,38). The van der Waals surface area contributed by atoms with Crippen molar-refractivity contribution in [2.75, 3.05) is 6.54 Å². The van der Waals surface area contributed by atoms with E-state index >= 15 is 0 Å². The molecule has 0 spiro atoms. The summed E-state index contributed by atoms with van der Waals surface area (Å²) in [6, 6.07) is 12.7.